The van der Waals surface area contributed by atoms with E-state index in [2.05, 4.69) is 15.0 Å². The number of nitrogens with zero attached hydrogens (tertiary/aromatic N) is 4. The molecule has 0 spiro atoms. The molecule has 0 radical (unpaired) electrons. The van der Waals surface area contributed by atoms with E-state index < -0.39 is 0 Å². The largest absolute Gasteiger partial charge is 0.381 e. The van der Waals surface area contributed by atoms with Crippen LogP contribution in [0, 0.1) is 5.92 Å². The van der Waals surface area contributed by atoms with Crippen LogP contribution in [0.15, 0.2) is 12.7 Å². The SMILES string of the molecule is c1ncn(C2CCN(CC3CCCOC3)CC2)n1. The van der Waals surface area contributed by atoms with Gasteiger partial charge in [-0.15, -0.1) is 0 Å². The normalized spacial score (nSPS) is 27.4. The van der Waals surface area contributed by atoms with Gasteiger partial charge < -0.3 is 9.64 Å². The molecular formula is C13H22N4O. The fraction of sp³-hybridized carbons (Fsp3) is 0.846. The summed E-state index contributed by atoms with van der Waals surface area (Å²) in [5.74, 6) is 0.752. The average Bonchev–Trinajstić information content (AvgIpc) is 2.95. The average molecular weight is 250 g/mol. The fourth-order valence-corrected chi connectivity index (χ4v) is 3.09. The maximum Gasteiger partial charge on any atom is 0.137 e. The molecule has 2 aliphatic heterocycles. The number of likely N-dealkylation sites (tertiary alicyclic amines) is 1. The van der Waals surface area contributed by atoms with Crippen LogP contribution >= 0.6 is 0 Å². The summed E-state index contributed by atoms with van der Waals surface area (Å²) in [7, 11) is 0. The predicted molar refractivity (Wildman–Crippen MR) is 68.3 cm³/mol. The molecule has 1 aromatic heterocycles. The minimum atomic E-state index is 0.548. The van der Waals surface area contributed by atoms with Gasteiger partial charge in [0.15, 0.2) is 0 Å². The lowest BCUT2D eigenvalue weighted by Crippen LogP contribution is -2.39. The van der Waals surface area contributed by atoms with Gasteiger partial charge in [0.1, 0.15) is 12.7 Å². The Kier molecular flexibility index (Phi) is 3.90. The van der Waals surface area contributed by atoms with E-state index in [-0.39, 0.29) is 0 Å². The summed E-state index contributed by atoms with van der Waals surface area (Å²) in [4.78, 5) is 6.62. The molecule has 0 saturated carbocycles. The Morgan fingerprint density at radius 2 is 2.11 bits per heavy atom. The van der Waals surface area contributed by atoms with E-state index in [9.17, 15) is 0 Å². The van der Waals surface area contributed by atoms with Crippen molar-refractivity contribution in [3.8, 4) is 0 Å². The topological polar surface area (TPSA) is 43.2 Å². The zero-order valence-corrected chi connectivity index (χ0v) is 10.9. The van der Waals surface area contributed by atoms with E-state index in [1.807, 2.05) is 11.0 Å². The third-order valence-corrected chi connectivity index (χ3v) is 4.14. The molecule has 3 rings (SSSR count). The molecule has 18 heavy (non-hydrogen) atoms. The molecule has 3 heterocycles. The first-order valence-electron chi connectivity index (χ1n) is 7.06. The summed E-state index contributed by atoms with van der Waals surface area (Å²) >= 11 is 0. The van der Waals surface area contributed by atoms with Crippen LogP contribution in [0.5, 0.6) is 0 Å². The lowest BCUT2D eigenvalue weighted by atomic mass is 9.99. The monoisotopic (exact) mass is 250 g/mol. The maximum atomic E-state index is 5.55. The van der Waals surface area contributed by atoms with Crippen molar-refractivity contribution < 1.29 is 4.74 Å². The molecule has 0 aliphatic carbocycles. The Morgan fingerprint density at radius 3 is 2.78 bits per heavy atom. The summed E-state index contributed by atoms with van der Waals surface area (Å²) in [5, 5.41) is 4.25. The lowest BCUT2D eigenvalue weighted by Gasteiger charge is -2.35. The summed E-state index contributed by atoms with van der Waals surface area (Å²) in [6.07, 6.45) is 8.43. The van der Waals surface area contributed by atoms with Crippen molar-refractivity contribution >= 4 is 0 Å². The lowest BCUT2D eigenvalue weighted by molar-refractivity contribution is 0.0327. The highest BCUT2D eigenvalue weighted by Crippen LogP contribution is 2.23. The smallest absolute Gasteiger partial charge is 0.137 e. The second-order valence-corrected chi connectivity index (χ2v) is 5.49. The molecule has 100 valence electrons. The van der Waals surface area contributed by atoms with Gasteiger partial charge in [0.25, 0.3) is 0 Å². The highest BCUT2D eigenvalue weighted by atomic mass is 16.5. The second-order valence-electron chi connectivity index (χ2n) is 5.49. The first kappa shape index (κ1) is 12.1. The number of hydrogen-bond acceptors (Lipinski definition) is 4. The first-order chi connectivity index (χ1) is 8.92. The van der Waals surface area contributed by atoms with Crippen molar-refractivity contribution in [3.05, 3.63) is 12.7 Å². The van der Waals surface area contributed by atoms with Crippen molar-refractivity contribution in [2.75, 3.05) is 32.8 Å². The molecule has 0 bridgehead atoms. The van der Waals surface area contributed by atoms with Gasteiger partial charge in [0, 0.05) is 26.2 Å². The Hall–Kier alpha value is -0.940. The van der Waals surface area contributed by atoms with Crippen LogP contribution in [0.1, 0.15) is 31.7 Å². The predicted octanol–water partition coefficient (Wildman–Crippen LogP) is 1.34. The molecule has 0 aromatic carbocycles. The van der Waals surface area contributed by atoms with Crippen LogP contribution in [-0.2, 0) is 4.74 Å². The first-order valence-corrected chi connectivity index (χ1v) is 7.06. The summed E-state index contributed by atoms with van der Waals surface area (Å²) in [6.45, 7) is 5.50. The van der Waals surface area contributed by atoms with Gasteiger partial charge >= 0.3 is 0 Å². The molecule has 5 heteroatoms. The van der Waals surface area contributed by atoms with Crippen molar-refractivity contribution in [2.24, 2.45) is 5.92 Å². The number of piperidine rings is 1. The van der Waals surface area contributed by atoms with Gasteiger partial charge in [-0.3, -0.25) is 0 Å². The van der Waals surface area contributed by atoms with E-state index in [0.717, 1.165) is 19.1 Å². The molecule has 0 amide bonds. The molecule has 2 saturated heterocycles. The molecule has 1 atom stereocenters. The number of ether oxygens (including phenoxy) is 1. The Balaban J connectivity index is 1.45. The van der Waals surface area contributed by atoms with Gasteiger partial charge in [-0.25, -0.2) is 9.67 Å². The molecule has 0 N–H and O–H groups in total. The number of hydrogen-bond donors (Lipinski definition) is 0. The van der Waals surface area contributed by atoms with Crippen LogP contribution in [-0.4, -0.2) is 52.5 Å². The quantitative estimate of drug-likeness (QED) is 0.812. The molecule has 5 nitrogen and oxygen atoms in total. The van der Waals surface area contributed by atoms with Crippen LogP contribution in [0.2, 0.25) is 0 Å². The van der Waals surface area contributed by atoms with E-state index in [0.29, 0.717) is 6.04 Å². The van der Waals surface area contributed by atoms with Crippen molar-refractivity contribution in [1.82, 2.24) is 19.7 Å². The minimum Gasteiger partial charge on any atom is -0.381 e. The van der Waals surface area contributed by atoms with Gasteiger partial charge in [-0.1, -0.05) is 0 Å². The molecule has 1 unspecified atom stereocenters. The third-order valence-electron chi connectivity index (χ3n) is 4.14. The van der Waals surface area contributed by atoms with Crippen molar-refractivity contribution in [3.63, 3.8) is 0 Å². The van der Waals surface area contributed by atoms with Crippen molar-refractivity contribution in [1.29, 1.82) is 0 Å². The summed E-state index contributed by atoms with van der Waals surface area (Å²) in [5.41, 5.74) is 0. The standard InChI is InChI=1S/C13H22N4O/c1-2-12(9-18-7-1)8-16-5-3-13(4-6-16)17-11-14-10-15-17/h10-13H,1-9H2. The van der Waals surface area contributed by atoms with Gasteiger partial charge in [0.2, 0.25) is 0 Å². The van der Waals surface area contributed by atoms with Gasteiger partial charge in [-0.05, 0) is 31.6 Å². The minimum absolute atomic E-state index is 0.548. The van der Waals surface area contributed by atoms with E-state index in [1.54, 1.807) is 6.33 Å². The molecular weight excluding hydrogens is 228 g/mol. The zero-order valence-electron chi connectivity index (χ0n) is 10.9. The molecule has 2 fully saturated rings. The highest BCUT2D eigenvalue weighted by Gasteiger charge is 2.23. The number of aromatic nitrogens is 3. The van der Waals surface area contributed by atoms with Crippen molar-refractivity contribution in [2.45, 2.75) is 31.7 Å². The van der Waals surface area contributed by atoms with Gasteiger partial charge in [-0.2, -0.15) is 5.10 Å². The fourth-order valence-electron chi connectivity index (χ4n) is 3.09. The summed E-state index contributed by atoms with van der Waals surface area (Å²) in [6, 6.07) is 0.548. The van der Waals surface area contributed by atoms with E-state index in [4.69, 9.17) is 4.74 Å². The molecule has 2 aliphatic rings. The van der Waals surface area contributed by atoms with Crippen LogP contribution < -0.4 is 0 Å². The summed E-state index contributed by atoms with van der Waals surface area (Å²) < 4.78 is 7.57. The van der Waals surface area contributed by atoms with Crippen LogP contribution in [0.3, 0.4) is 0 Å². The Morgan fingerprint density at radius 1 is 1.22 bits per heavy atom. The second kappa shape index (κ2) is 5.80. The van der Waals surface area contributed by atoms with Crippen LogP contribution in [0.25, 0.3) is 0 Å². The third kappa shape index (κ3) is 2.90. The van der Waals surface area contributed by atoms with Gasteiger partial charge in [0.05, 0.1) is 12.6 Å². The maximum absolute atomic E-state index is 5.55. The Labute approximate surface area is 108 Å². The molecule has 1 aromatic rings. The Bertz CT molecular complexity index is 340. The number of rotatable bonds is 3. The highest BCUT2D eigenvalue weighted by molar-refractivity contribution is 4.79. The van der Waals surface area contributed by atoms with Crippen LogP contribution in [0.4, 0.5) is 0 Å². The van der Waals surface area contributed by atoms with E-state index in [1.165, 1.54) is 45.3 Å². The zero-order chi connectivity index (χ0) is 12.2. The van der Waals surface area contributed by atoms with E-state index >= 15 is 0 Å².